The fourth-order valence-corrected chi connectivity index (χ4v) is 2.00. The van der Waals surface area contributed by atoms with Crippen molar-refractivity contribution in [3.8, 4) is 0 Å². The van der Waals surface area contributed by atoms with Gasteiger partial charge >= 0.3 is 0 Å². The summed E-state index contributed by atoms with van der Waals surface area (Å²) in [6.45, 7) is 6.83. The maximum Gasteiger partial charge on any atom is 0.245 e. The van der Waals surface area contributed by atoms with Gasteiger partial charge < -0.3 is 10.6 Å². The standard InChI is InChI=1S/C9H19N7/c1-8(7-10)15-3-5-16(6-4-15)9-11-12-13-14(9)2/h8H,3-7,10H2,1-2H3. The SMILES string of the molecule is CC(CN)N1CCN(c2nnnn2C)CC1. The molecule has 7 heteroatoms. The highest BCUT2D eigenvalue weighted by Crippen LogP contribution is 2.12. The molecule has 0 bridgehead atoms. The highest BCUT2D eigenvalue weighted by atomic mass is 15.6. The molecule has 0 saturated carbocycles. The van der Waals surface area contributed by atoms with Gasteiger partial charge in [-0.1, -0.05) is 5.10 Å². The average molecular weight is 225 g/mol. The van der Waals surface area contributed by atoms with E-state index in [9.17, 15) is 0 Å². The van der Waals surface area contributed by atoms with Crippen LogP contribution in [0.2, 0.25) is 0 Å². The second-order valence-electron chi connectivity index (χ2n) is 4.21. The molecule has 0 radical (unpaired) electrons. The summed E-state index contributed by atoms with van der Waals surface area (Å²) in [6, 6.07) is 0.458. The lowest BCUT2D eigenvalue weighted by Gasteiger charge is -2.37. The van der Waals surface area contributed by atoms with Crippen LogP contribution in [0.5, 0.6) is 0 Å². The Balaban J connectivity index is 1.93. The molecule has 2 N–H and O–H groups in total. The molecule has 0 amide bonds. The molecule has 7 nitrogen and oxygen atoms in total. The highest BCUT2D eigenvalue weighted by Gasteiger charge is 2.22. The molecule has 1 aliphatic heterocycles. The van der Waals surface area contributed by atoms with Crippen molar-refractivity contribution in [2.75, 3.05) is 37.6 Å². The molecule has 1 aromatic rings. The van der Waals surface area contributed by atoms with Crippen LogP contribution >= 0.6 is 0 Å². The summed E-state index contributed by atoms with van der Waals surface area (Å²) in [4.78, 5) is 4.61. The molecule has 0 aromatic carbocycles. The van der Waals surface area contributed by atoms with E-state index in [2.05, 4.69) is 32.2 Å². The van der Waals surface area contributed by atoms with Gasteiger partial charge in [0.05, 0.1) is 0 Å². The van der Waals surface area contributed by atoms with E-state index in [1.165, 1.54) is 0 Å². The average Bonchev–Trinajstić information content (AvgIpc) is 2.75. The van der Waals surface area contributed by atoms with E-state index in [1.807, 2.05) is 7.05 Å². The zero-order valence-corrected chi connectivity index (χ0v) is 9.87. The van der Waals surface area contributed by atoms with Gasteiger partial charge in [-0.15, -0.1) is 0 Å². The zero-order valence-electron chi connectivity index (χ0n) is 9.87. The molecule has 1 fully saturated rings. The first kappa shape index (κ1) is 11.3. The Morgan fingerprint density at radius 1 is 1.31 bits per heavy atom. The molecule has 1 unspecified atom stereocenters. The normalized spacial score (nSPS) is 20.1. The first-order chi connectivity index (χ1) is 7.72. The third kappa shape index (κ3) is 2.14. The molecule has 1 saturated heterocycles. The van der Waals surface area contributed by atoms with Crippen molar-refractivity contribution < 1.29 is 0 Å². The van der Waals surface area contributed by atoms with Gasteiger partial charge in [0, 0.05) is 45.8 Å². The van der Waals surface area contributed by atoms with E-state index in [4.69, 9.17) is 5.73 Å². The number of aryl methyl sites for hydroxylation is 1. The first-order valence-corrected chi connectivity index (χ1v) is 5.63. The monoisotopic (exact) mass is 225 g/mol. The Kier molecular flexibility index (Phi) is 3.35. The molecule has 0 aliphatic carbocycles. The van der Waals surface area contributed by atoms with Crippen LogP contribution in [0.25, 0.3) is 0 Å². The van der Waals surface area contributed by atoms with Crippen molar-refractivity contribution in [2.45, 2.75) is 13.0 Å². The van der Waals surface area contributed by atoms with Crippen LogP contribution in [0.15, 0.2) is 0 Å². The maximum absolute atomic E-state index is 5.66. The van der Waals surface area contributed by atoms with Crippen molar-refractivity contribution in [1.29, 1.82) is 0 Å². The molecule has 1 aliphatic rings. The molecule has 1 aromatic heterocycles. The molecular weight excluding hydrogens is 206 g/mol. The Labute approximate surface area is 95.2 Å². The molecule has 90 valence electrons. The minimum Gasteiger partial charge on any atom is -0.337 e. The number of piperazine rings is 1. The van der Waals surface area contributed by atoms with Crippen LogP contribution in [-0.2, 0) is 7.05 Å². The number of anilines is 1. The number of nitrogens with zero attached hydrogens (tertiary/aromatic N) is 6. The molecule has 2 heterocycles. The van der Waals surface area contributed by atoms with Crippen LogP contribution in [0, 0.1) is 0 Å². The minimum absolute atomic E-state index is 0.458. The number of rotatable bonds is 3. The maximum atomic E-state index is 5.66. The highest BCUT2D eigenvalue weighted by molar-refractivity contribution is 5.28. The van der Waals surface area contributed by atoms with Crippen LogP contribution < -0.4 is 10.6 Å². The van der Waals surface area contributed by atoms with Gasteiger partial charge in [-0.2, -0.15) is 0 Å². The zero-order chi connectivity index (χ0) is 11.5. The summed E-state index contributed by atoms with van der Waals surface area (Å²) in [6.07, 6.45) is 0. The second kappa shape index (κ2) is 4.75. The molecule has 2 rings (SSSR count). The largest absolute Gasteiger partial charge is 0.337 e. The topological polar surface area (TPSA) is 76.1 Å². The number of tetrazole rings is 1. The summed E-state index contributed by atoms with van der Waals surface area (Å²) >= 11 is 0. The van der Waals surface area contributed by atoms with Gasteiger partial charge in [-0.25, -0.2) is 4.68 Å². The van der Waals surface area contributed by atoms with Gasteiger partial charge in [-0.3, -0.25) is 4.90 Å². The van der Waals surface area contributed by atoms with E-state index in [-0.39, 0.29) is 0 Å². The van der Waals surface area contributed by atoms with Crippen LogP contribution in [-0.4, -0.2) is 63.9 Å². The van der Waals surface area contributed by atoms with E-state index in [1.54, 1.807) is 4.68 Å². The van der Waals surface area contributed by atoms with Crippen molar-refractivity contribution in [3.63, 3.8) is 0 Å². The quantitative estimate of drug-likeness (QED) is 0.687. The first-order valence-electron chi connectivity index (χ1n) is 5.63. The van der Waals surface area contributed by atoms with Crippen LogP contribution in [0.3, 0.4) is 0 Å². The summed E-state index contributed by atoms with van der Waals surface area (Å²) in [5, 5.41) is 11.5. The van der Waals surface area contributed by atoms with Gasteiger partial charge in [0.1, 0.15) is 0 Å². The summed E-state index contributed by atoms with van der Waals surface area (Å²) in [5.74, 6) is 0.847. The van der Waals surface area contributed by atoms with Crippen molar-refractivity contribution in [2.24, 2.45) is 12.8 Å². The summed E-state index contributed by atoms with van der Waals surface area (Å²) < 4.78 is 1.71. The Bertz CT molecular complexity index is 328. The lowest BCUT2D eigenvalue weighted by molar-refractivity contribution is 0.200. The van der Waals surface area contributed by atoms with Crippen molar-refractivity contribution in [1.82, 2.24) is 25.1 Å². The van der Waals surface area contributed by atoms with Crippen LogP contribution in [0.4, 0.5) is 5.95 Å². The molecule has 16 heavy (non-hydrogen) atoms. The smallest absolute Gasteiger partial charge is 0.245 e. The number of nitrogens with two attached hydrogens (primary N) is 1. The van der Waals surface area contributed by atoms with Crippen molar-refractivity contribution >= 4 is 5.95 Å². The number of hydrogen-bond donors (Lipinski definition) is 1. The van der Waals surface area contributed by atoms with E-state index >= 15 is 0 Å². The van der Waals surface area contributed by atoms with Crippen LogP contribution in [0.1, 0.15) is 6.92 Å². The summed E-state index contributed by atoms with van der Waals surface area (Å²) in [7, 11) is 1.87. The van der Waals surface area contributed by atoms with Gasteiger partial charge in [0.2, 0.25) is 5.95 Å². The van der Waals surface area contributed by atoms with E-state index < -0.39 is 0 Å². The van der Waals surface area contributed by atoms with Gasteiger partial charge in [-0.05, 0) is 17.4 Å². The fraction of sp³-hybridized carbons (Fsp3) is 0.889. The molecule has 1 atom stereocenters. The molecular formula is C9H19N7. The predicted molar refractivity (Wildman–Crippen MR) is 61.1 cm³/mol. The Morgan fingerprint density at radius 2 is 2.00 bits per heavy atom. The van der Waals surface area contributed by atoms with Gasteiger partial charge in [0.15, 0.2) is 0 Å². The second-order valence-corrected chi connectivity index (χ2v) is 4.21. The number of hydrogen-bond acceptors (Lipinski definition) is 6. The predicted octanol–water partition coefficient (Wildman–Crippen LogP) is -1.32. The third-order valence-corrected chi connectivity index (χ3v) is 3.16. The third-order valence-electron chi connectivity index (χ3n) is 3.16. The minimum atomic E-state index is 0.458. The van der Waals surface area contributed by atoms with E-state index in [0.717, 1.165) is 32.1 Å². The lowest BCUT2D eigenvalue weighted by Crippen LogP contribution is -2.52. The Morgan fingerprint density at radius 3 is 2.50 bits per heavy atom. The number of aromatic nitrogens is 4. The lowest BCUT2D eigenvalue weighted by atomic mass is 10.2. The van der Waals surface area contributed by atoms with E-state index in [0.29, 0.717) is 12.6 Å². The Hall–Kier alpha value is -1.21. The van der Waals surface area contributed by atoms with Crippen molar-refractivity contribution in [3.05, 3.63) is 0 Å². The molecule has 0 spiro atoms. The summed E-state index contributed by atoms with van der Waals surface area (Å²) in [5.41, 5.74) is 5.66. The van der Waals surface area contributed by atoms with Gasteiger partial charge in [0.25, 0.3) is 0 Å². The fourth-order valence-electron chi connectivity index (χ4n) is 2.00.